The summed E-state index contributed by atoms with van der Waals surface area (Å²) in [6, 6.07) is 53.6. The van der Waals surface area contributed by atoms with Gasteiger partial charge in [0, 0.05) is 61.7 Å². The Kier molecular flexibility index (Phi) is 8.59. The topological polar surface area (TPSA) is 32.8 Å². The van der Waals surface area contributed by atoms with Crippen LogP contribution in [-0.2, 0) is 0 Å². The highest BCUT2D eigenvalue weighted by Crippen LogP contribution is 2.43. The molecule has 62 heavy (non-hydrogen) atoms. The molecule has 11 rings (SSSR count). The van der Waals surface area contributed by atoms with Crippen LogP contribution in [0.1, 0.15) is 44.5 Å². The largest absolute Gasteiger partial charge is 0.456 e. The molecule has 4 nitrogen and oxygen atoms in total. The molecule has 11 aromatic rings. The maximum Gasteiger partial charge on any atom is 0.139 e. The van der Waals surface area contributed by atoms with Crippen LogP contribution in [0, 0.1) is 55.4 Å². The first-order valence-electron chi connectivity index (χ1n) is 21.6. The number of benzene rings is 9. The standard InChI is InChI=1S/C58H48N2O2/c1-33-9-15-45(21-37(33)5)59(46-16-10-34(2)38(6)22-46)49-19-13-41-27-51-53-31-54-52-28-42-14-20-50(60(47-17-11-35(3)39(7)23-47)48-18-12-36(4)40(8)24-48)26-44(42)30-56(52)62-58(54)32-57(53)61-55(51)29-43(41)25-49/h9-32H,1-8H3. The quantitative estimate of drug-likeness (QED) is 0.168. The molecule has 0 unspecified atom stereocenters. The lowest BCUT2D eigenvalue weighted by molar-refractivity contribution is 0.656. The molecule has 0 radical (unpaired) electrons. The van der Waals surface area contributed by atoms with E-state index in [-0.39, 0.29) is 0 Å². The Balaban J connectivity index is 1.00. The molecule has 0 spiro atoms. The summed E-state index contributed by atoms with van der Waals surface area (Å²) in [5.41, 5.74) is 20.3. The van der Waals surface area contributed by atoms with Crippen LogP contribution in [0.3, 0.4) is 0 Å². The summed E-state index contributed by atoms with van der Waals surface area (Å²) in [7, 11) is 0. The van der Waals surface area contributed by atoms with Crippen LogP contribution in [0.2, 0.25) is 0 Å². The van der Waals surface area contributed by atoms with Crippen molar-refractivity contribution >= 4 is 99.5 Å². The summed E-state index contributed by atoms with van der Waals surface area (Å²) in [5.74, 6) is 0. The highest BCUT2D eigenvalue weighted by Gasteiger charge is 2.19. The van der Waals surface area contributed by atoms with Gasteiger partial charge in [0.2, 0.25) is 0 Å². The Morgan fingerprint density at radius 1 is 0.242 bits per heavy atom. The minimum Gasteiger partial charge on any atom is -0.456 e. The van der Waals surface area contributed by atoms with Crippen molar-refractivity contribution in [2.75, 3.05) is 9.80 Å². The second-order valence-electron chi connectivity index (χ2n) is 17.6. The fourth-order valence-corrected chi connectivity index (χ4v) is 9.14. The smallest absolute Gasteiger partial charge is 0.139 e. The number of hydrogen-bond acceptors (Lipinski definition) is 4. The fourth-order valence-electron chi connectivity index (χ4n) is 9.14. The summed E-state index contributed by atoms with van der Waals surface area (Å²) in [4.78, 5) is 4.72. The van der Waals surface area contributed by atoms with Gasteiger partial charge in [0.1, 0.15) is 22.3 Å². The fraction of sp³-hybridized carbons (Fsp3) is 0.138. The molecule has 0 bridgehead atoms. The van der Waals surface area contributed by atoms with Gasteiger partial charge in [-0.05, 0) is 225 Å². The van der Waals surface area contributed by atoms with Crippen molar-refractivity contribution in [2.45, 2.75) is 55.4 Å². The minimum absolute atomic E-state index is 0.818. The lowest BCUT2D eigenvalue weighted by Crippen LogP contribution is -2.10. The molecule has 0 N–H and O–H groups in total. The van der Waals surface area contributed by atoms with Crippen LogP contribution in [-0.4, -0.2) is 0 Å². The van der Waals surface area contributed by atoms with Crippen LogP contribution in [0.25, 0.3) is 65.4 Å². The summed E-state index contributed by atoms with van der Waals surface area (Å²) < 4.78 is 13.3. The van der Waals surface area contributed by atoms with E-state index in [0.29, 0.717) is 0 Å². The van der Waals surface area contributed by atoms with E-state index in [1.807, 2.05) is 0 Å². The first kappa shape index (κ1) is 37.7. The van der Waals surface area contributed by atoms with E-state index >= 15 is 0 Å². The van der Waals surface area contributed by atoms with E-state index in [2.05, 4.69) is 211 Å². The Labute approximate surface area is 362 Å². The van der Waals surface area contributed by atoms with Crippen molar-refractivity contribution < 1.29 is 8.83 Å². The average molecular weight is 805 g/mol. The van der Waals surface area contributed by atoms with Crippen molar-refractivity contribution in [2.24, 2.45) is 0 Å². The van der Waals surface area contributed by atoms with Crippen molar-refractivity contribution in [3.63, 3.8) is 0 Å². The second-order valence-corrected chi connectivity index (χ2v) is 17.6. The summed E-state index contributed by atoms with van der Waals surface area (Å²) in [5, 5.41) is 8.94. The van der Waals surface area contributed by atoms with Crippen LogP contribution < -0.4 is 9.80 Å². The van der Waals surface area contributed by atoms with E-state index in [4.69, 9.17) is 8.83 Å². The summed E-state index contributed by atoms with van der Waals surface area (Å²) in [6.07, 6.45) is 0. The molecule has 0 atom stereocenters. The lowest BCUT2D eigenvalue weighted by atomic mass is 10.0. The van der Waals surface area contributed by atoms with Gasteiger partial charge in [0.05, 0.1) is 0 Å². The van der Waals surface area contributed by atoms with Crippen molar-refractivity contribution in [1.82, 2.24) is 0 Å². The van der Waals surface area contributed by atoms with Crippen LogP contribution in [0.5, 0.6) is 0 Å². The molecule has 0 aliphatic carbocycles. The molecule has 2 aromatic heterocycles. The maximum absolute atomic E-state index is 6.65. The zero-order valence-corrected chi connectivity index (χ0v) is 36.6. The molecule has 0 aliphatic rings. The van der Waals surface area contributed by atoms with Gasteiger partial charge < -0.3 is 18.6 Å². The molecule has 2 heterocycles. The lowest BCUT2D eigenvalue weighted by Gasteiger charge is -2.27. The second kappa shape index (κ2) is 14.1. The van der Waals surface area contributed by atoms with Gasteiger partial charge in [0.15, 0.2) is 0 Å². The van der Waals surface area contributed by atoms with E-state index in [1.165, 1.54) is 55.3 Å². The predicted octanol–water partition coefficient (Wildman–Crippen LogP) is 17.2. The van der Waals surface area contributed by atoms with Gasteiger partial charge in [-0.25, -0.2) is 0 Å². The molecule has 0 saturated heterocycles. The van der Waals surface area contributed by atoms with Gasteiger partial charge in [-0.3, -0.25) is 0 Å². The highest BCUT2D eigenvalue weighted by atomic mass is 16.3. The van der Waals surface area contributed by atoms with Crippen LogP contribution in [0.15, 0.2) is 154 Å². The number of aryl methyl sites for hydroxylation is 8. The monoisotopic (exact) mass is 804 g/mol. The highest BCUT2D eigenvalue weighted by molar-refractivity contribution is 6.18. The van der Waals surface area contributed by atoms with Gasteiger partial charge in [-0.15, -0.1) is 0 Å². The van der Waals surface area contributed by atoms with E-state index in [0.717, 1.165) is 88.8 Å². The first-order valence-corrected chi connectivity index (χ1v) is 21.6. The first-order chi connectivity index (χ1) is 29.9. The molecule has 0 aliphatic heterocycles. The molecule has 9 aromatic carbocycles. The zero-order valence-electron chi connectivity index (χ0n) is 36.6. The van der Waals surface area contributed by atoms with Crippen molar-refractivity contribution in [1.29, 1.82) is 0 Å². The van der Waals surface area contributed by atoms with Crippen LogP contribution >= 0.6 is 0 Å². The molecule has 302 valence electrons. The van der Waals surface area contributed by atoms with Gasteiger partial charge >= 0.3 is 0 Å². The van der Waals surface area contributed by atoms with Gasteiger partial charge in [0.25, 0.3) is 0 Å². The minimum atomic E-state index is 0.818. The summed E-state index contributed by atoms with van der Waals surface area (Å²) >= 11 is 0. The van der Waals surface area contributed by atoms with Gasteiger partial charge in [-0.2, -0.15) is 0 Å². The van der Waals surface area contributed by atoms with Crippen molar-refractivity contribution in [3.05, 3.63) is 190 Å². The van der Waals surface area contributed by atoms with E-state index in [9.17, 15) is 0 Å². The number of hydrogen-bond donors (Lipinski definition) is 0. The number of rotatable bonds is 6. The Bertz CT molecular complexity index is 3300. The third kappa shape index (κ3) is 6.20. The number of anilines is 6. The van der Waals surface area contributed by atoms with Gasteiger partial charge in [-0.1, -0.05) is 36.4 Å². The molecule has 0 amide bonds. The molecule has 4 heteroatoms. The summed E-state index contributed by atoms with van der Waals surface area (Å²) in [6.45, 7) is 17.4. The Hall–Kier alpha value is -7.30. The molecular weight excluding hydrogens is 757 g/mol. The predicted molar refractivity (Wildman–Crippen MR) is 263 cm³/mol. The normalized spacial score (nSPS) is 11.9. The number of nitrogens with zero attached hydrogens (tertiary/aromatic N) is 2. The maximum atomic E-state index is 6.65. The number of fused-ring (bicyclic) bond motifs is 8. The Morgan fingerprint density at radius 3 is 0.871 bits per heavy atom. The van der Waals surface area contributed by atoms with Crippen LogP contribution in [0.4, 0.5) is 34.1 Å². The zero-order chi connectivity index (χ0) is 42.6. The SMILES string of the molecule is Cc1ccc(N(c2ccc(C)c(C)c2)c2ccc3cc4c(cc3c2)oc2cc3oc5cc6cc(N(c7ccc(C)c(C)c7)c7ccc(C)c(C)c7)ccc6cc5c3cc24)cc1C. The van der Waals surface area contributed by atoms with E-state index < -0.39 is 0 Å². The average Bonchev–Trinajstić information content (AvgIpc) is 3.78. The Morgan fingerprint density at radius 2 is 0.532 bits per heavy atom. The van der Waals surface area contributed by atoms with Crippen molar-refractivity contribution in [3.8, 4) is 0 Å². The third-order valence-corrected chi connectivity index (χ3v) is 13.5. The molecule has 0 saturated carbocycles. The van der Waals surface area contributed by atoms with E-state index in [1.54, 1.807) is 0 Å². The number of furan rings is 2. The molecule has 0 fully saturated rings. The molecular formula is C58H48N2O2. The third-order valence-electron chi connectivity index (χ3n) is 13.5.